The van der Waals surface area contributed by atoms with E-state index in [-0.39, 0.29) is 5.88 Å². The molecular formula is C15H9ClN2O2. The number of fused-ring (bicyclic) bond motifs is 1. The molecule has 1 aromatic heterocycles. The van der Waals surface area contributed by atoms with E-state index in [4.69, 9.17) is 16.3 Å². The zero-order valence-corrected chi connectivity index (χ0v) is 11.0. The standard InChI is InChI=1S/C15H9ClN2O2/c16-12-7-3-1-5-10(12)15(19)20-14-11-6-2-4-8-13(11)17-9-18-14/h1-9H. The maximum atomic E-state index is 12.1. The van der Waals surface area contributed by atoms with Gasteiger partial charge in [-0.3, -0.25) is 0 Å². The lowest BCUT2D eigenvalue weighted by Crippen LogP contribution is -2.10. The molecule has 0 unspecified atom stereocenters. The van der Waals surface area contributed by atoms with E-state index in [1.54, 1.807) is 30.3 Å². The van der Waals surface area contributed by atoms with Crippen molar-refractivity contribution in [3.63, 3.8) is 0 Å². The van der Waals surface area contributed by atoms with E-state index < -0.39 is 5.97 Å². The zero-order chi connectivity index (χ0) is 13.9. The third kappa shape index (κ3) is 2.33. The second-order valence-electron chi connectivity index (χ2n) is 4.07. The van der Waals surface area contributed by atoms with Crippen molar-refractivity contribution in [3.8, 4) is 5.88 Å². The number of carbonyl (C=O) groups is 1. The molecule has 0 fully saturated rings. The summed E-state index contributed by atoms with van der Waals surface area (Å²) in [5.41, 5.74) is 1.02. The van der Waals surface area contributed by atoms with Gasteiger partial charge in [-0.05, 0) is 24.3 Å². The van der Waals surface area contributed by atoms with Crippen LogP contribution in [0.25, 0.3) is 10.9 Å². The number of hydrogen-bond acceptors (Lipinski definition) is 4. The van der Waals surface area contributed by atoms with Gasteiger partial charge in [-0.15, -0.1) is 0 Å². The average Bonchev–Trinajstić information content (AvgIpc) is 2.48. The Morgan fingerprint density at radius 2 is 1.75 bits per heavy atom. The summed E-state index contributed by atoms with van der Waals surface area (Å²) in [7, 11) is 0. The lowest BCUT2D eigenvalue weighted by molar-refractivity contribution is 0.0730. The molecule has 0 amide bonds. The maximum absolute atomic E-state index is 12.1. The number of hydrogen-bond donors (Lipinski definition) is 0. The predicted molar refractivity (Wildman–Crippen MR) is 75.9 cm³/mol. The molecule has 0 aliphatic heterocycles. The summed E-state index contributed by atoms with van der Waals surface area (Å²) in [5, 5.41) is 1.02. The molecule has 4 nitrogen and oxygen atoms in total. The molecule has 0 aliphatic carbocycles. The molecular weight excluding hydrogens is 276 g/mol. The van der Waals surface area contributed by atoms with Gasteiger partial charge in [0.2, 0.25) is 5.88 Å². The fourth-order valence-corrected chi connectivity index (χ4v) is 2.04. The molecule has 3 aromatic rings. The van der Waals surface area contributed by atoms with Crippen molar-refractivity contribution in [1.29, 1.82) is 0 Å². The van der Waals surface area contributed by atoms with Gasteiger partial charge in [-0.25, -0.2) is 14.8 Å². The minimum atomic E-state index is -0.542. The number of nitrogens with zero attached hydrogens (tertiary/aromatic N) is 2. The number of carbonyl (C=O) groups excluding carboxylic acids is 1. The Bertz CT molecular complexity index is 784. The Balaban J connectivity index is 1.98. The van der Waals surface area contributed by atoms with Gasteiger partial charge in [0, 0.05) is 0 Å². The third-order valence-corrected chi connectivity index (χ3v) is 3.12. The van der Waals surface area contributed by atoms with Gasteiger partial charge >= 0.3 is 5.97 Å². The van der Waals surface area contributed by atoms with Gasteiger partial charge in [-0.2, -0.15) is 0 Å². The van der Waals surface area contributed by atoms with Crippen molar-refractivity contribution in [2.24, 2.45) is 0 Å². The van der Waals surface area contributed by atoms with E-state index in [1.807, 2.05) is 18.2 Å². The fraction of sp³-hybridized carbons (Fsp3) is 0. The van der Waals surface area contributed by atoms with Crippen molar-refractivity contribution in [2.45, 2.75) is 0 Å². The lowest BCUT2D eigenvalue weighted by Gasteiger charge is -2.06. The van der Waals surface area contributed by atoms with Gasteiger partial charge in [0.1, 0.15) is 6.33 Å². The smallest absolute Gasteiger partial charge is 0.346 e. The normalized spacial score (nSPS) is 10.4. The quantitative estimate of drug-likeness (QED) is 0.676. The van der Waals surface area contributed by atoms with Crippen molar-refractivity contribution in [1.82, 2.24) is 9.97 Å². The first-order valence-corrected chi connectivity index (χ1v) is 6.30. The summed E-state index contributed by atoms with van der Waals surface area (Å²) in [6.45, 7) is 0. The predicted octanol–water partition coefficient (Wildman–Crippen LogP) is 3.50. The highest BCUT2D eigenvalue weighted by Crippen LogP contribution is 2.23. The van der Waals surface area contributed by atoms with Crippen LogP contribution in [0.15, 0.2) is 54.9 Å². The molecule has 0 bridgehead atoms. The molecule has 0 aliphatic rings. The second kappa shape index (κ2) is 5.27. The Labute approximate surface area is 120 Å². The highest BCUT2D eigenvalue weighted by Gasteiger charge is 2.14. The summed E-state index contributed by atoms with van der Waals surface area (Å²) in [6, 6.07) is 14.0. The zero-order valence-electron chi connectivity index (χ0n) is 10.3. The van der Waals surface area contributed by atoms with Crippen LogP contribution < -0.4 is 4.74 Å². The fourth-order valence-electron chi connectivity index (χ4n) is 1.83. The van der Waals surface area contributed by atoms with E-state index in [0.29, 0.717) is 21.5 Å². The van der Waals surface area contributed by atoms with Crippen LogP contribution in [-0.4, -0.2) is 15.9 Å². The molecule has 2 aromatic carbocycles. The van der Waals surface area contributed by atoms with Crippen LogP contribution in [0.5, 0.6) is 5.88 Å². The molecule has 0 N–H and O–H groups in total. The molecule has 0 saturated carbocycles. The number of aromatic nitrogens is 2. The van der Waals surface area contributed by atoms with Gasteiger partial charge in [0.25, 0.3) is 0 Å². The Kier molecular flexibility index (Phi) is 3.31. The van der Waals surface area contributed by atoms with Gasteiger partial charge < -0.3 is 4.74 Å². The van der Waals surface area contributed by atoms with Crippen LogP contribution in [0.1, 0.15) is 10.4 Å². The molecule has 20 heavy (non-hydrogen) atoms. The number of benzene rings is 2. The molecule has 0 saturated heterocycles. The first-order chi connectivity index (χ1) is 9.75. The number of esters is 1. The number of ether oxygens (including phenoxy) is 1. The second-order valence-corrected chi connectivity index (χ2v) is 4.47. The summed E-state index contributed by atoms with van der Waals surface area (Å²) in [5.74, 6) is -0.319. The Hall–Kier alpha value is -2.46. The molecule has 0 spiro atoms. The van der Waals surface area contributed by atoms with Crippen LogP contribution in [-0.2, 0) is 0 Å². The van der Waals surface area contributed by atoms with Gasteiger partial charge in [0.15, 0.2) is 0 Å². The van der Waals surface area contributed by atoms with Crippen molar-refractivity contribution in [2.75, 3.05) is 0 Å². The summed E-state index contributed by atoms with van der Waals surface area (Å²) in [6.07, 6.45) is 1.36. The lowest BCUT2D eigenvalue weighted by atomic mass is 10.2. The highest BCUT2D eigenvalue weighted by molar-refractivity contribution is 6.33. The third-order valence-electron chi connectivity index (χ3n) is 2.79. The van der Waals surface area contributed by atoms with Crippen molar-refractivity contribution >= 4 is 28.5 Å². The van der Waals surface area contributed by atoms with E-state index in [0.717, 1.165) is 0 Å². The monoisotopic (exact) mass is 284 g/mol. The number of rotatable bonds is 2. The van der Waals surface area contributed by atoms with Crippen LogP contribution >= 0.6 is 11.6 Å². The van der Waals surface area contributed by atoms with E-state index in [1.165, 1.54) is 6.33 Å². The van der Waals surface area contributed by atoms with Crippen LogP contribution in [0.2, 0.25) is 5.02 Å². The minimum absolute atomic E-state index is 0.223. The van der Waals surface area contributed by atoms with Crippen molar-refractivity contribution in [3.05, 3.63) is 65.4 Å². The molecule has 0 atom stereocenters. The number of halogens is 1. The maximum Gasteiger partial charge on any atom is 0.346 e. The molecule has 1 heterocycles. The summed E-state index contributed by atoms with van der Waals surface area (Å²) < 4.78 is 5.32. The molecule has 5 heteroatoms. The van der Waals surface area contributed by atoms with Crippen molar-refractivity contribution < 1.29 is 9.53 Å². The SMILES string of the molecule is O=C(Oc1ncnc2ccccc12)c1ccccc1Cl. The molecule has 3 rings (SSSR count). The first-order valence-electron chi connectivity index (χ1n) is 5.92. The summed E-state index contributed by atoms with van der Waals surface area (Å²) >= 11 is 5.97. The van der Waals surface area contributed by atoms with Crippen LogP contribution in [0, 0.1) is 0 Å². The van der Waals surface area contributed by atoms with E-state index in [9.17, 15) is 4.79 Å². The average molecular weight is 285 g/mol. The Morgan fingerprint density at radius 1 is 1.00 bits per heavy atom. The van der Waals surface area contributed by atoms with Gasteiger partial charge in [-0.1, -0.05) is 35.9 Å². The topological polar surface area (TPSA) is 52.1 Å². The molecule has 0 radical (unpaired) electrons. The van der Waals surface area contributed by atoms with E-state index in [2.05, 4.69) is 9.97 Å². The largest absolute Gasteiger partial charge is 0.403 e. The Morgan fingerprint density at radius 3 is 2.60 bits per heavy atom. The minimum Gasteiger partial charge on any atom is -0.403 e. The first kappa shape index (κ1) is 12.6. The molecule has 98 valence electrons. The van der Waals surface area contributed by atoms with E-state index >= 15 is 0 Å². The number of para-hydroxylation sites is 1. The summed E-state index contributed by atoms with van der Waals surface area (Å²) in [4.78, 5) is 20.2. The van der Waals surface area contributed by atoms with Gasteiger partial charge in [0.05, 0.1) is 21.5 Å². The highest BCUT2D eigenvalue weighted by atomic mass is 35.5. The van der Waals surface area contributed by atoms with Crippen LogP contribution in [0.4, 0.5) is 0 Å². The van der Waals surface area contributed by atoms with Crippen LogP contribution in [0.3, 0.4) is 0 Å².